The predicted molar refractivity (Wildman–Crippen MR) is 114 cm³/mol. The maximum atomic E-state index is 13.0. The second-order valence-electron chi connectivity index (χ2n) is 7.52. The summed E-state index contributed by atoms with van der Waals surface area (Å²) in [6.45, 7) is 4.76. The quantitative estimate of drug-likeness (QED) is 0.836. The predicted octanol–water partition coefficient (Wildman–Crippen LogP) is 2.41. The third kappa shape index (κ3) is 4.87. The lowest BCUT2D eigenvalue weighted by Gasteiger charge is -2.39. The first kappa shape index (κ1) is 19.7. The number of piperazine rings is 1. The van der Waals surface area contributed by atoms with Crippen LogP contribution in [-0.2, 0) is 11.3 Å². The number of amides is 3. The number of hydrogen-bond donors (Lipinski definition) is 1. The first-order valence-corrected chi connectivity index (χ1v) is 11.1. The molecule has 0 spiro atoms. The molecule has 1 atom stereocenters. The minimum Gasteiger partial charge on any atom is -0.353 e. The van der Waals surface area contributed by atoms with Crippen molar-refractivity contribution in [3.05, 3.63) is 46.8 Å². The smallest absolute Gasteiger partial charge is 0.317 e. The number of hydrogen-bond acceptors (Lipinski definition) is 5. The molecule has 154 valence electrons. The summed E-state index contributed by atoms with van der Waals surface area (Å²) in [6.07, 6.45) is 3.53. The number of anilines is 1. The van der Waals surface area contributed by atoms with Crippen molar-refractivity contribution in [2.75, 3.05) is 44.2 Å². The van der Waals surface area contributed by atoms with Crippen molar-refractivity contribution < 1.29 is 9.59 Å². The molecule has 0 aliphatic carbocycles. The Hall–Kier alpha value is -2.61. The molecule has 7 nitrogen and oxygen atoms in total. The van der Waals surface area contributed by atoms with Crippen molar-refractivity contribution >= 4 is 29.1 Å². The number of thiophene rings is 1. The van der Waals surface area contributed by atoms with Gasteiger partial charge >= 0.3 is 6.03 Å². The van der Waals surface area contributed by atoms with Gasteiger partial charge in [-0.1, -0.05) is 12.1 Å². The fraction of sp³-hybridized carbons (Fsp3) is 0.476. The summed E-state index contributed by atoms with van der Waals surface area (Å²) in [5.41, 5.74) is 0. The molecule has 2 fully saturated rings. The van der Waals surface area contributed by atoms with Gasteiger partial charge in [0, 0.05) is 50.3 Å². The number of nitrogens with zero attached hydrogens (tertiary/aromatic N) is 4. The number of aromatic nitrogens is 1. The van der Waals surface area contributed by atoms with E-state index in [2.05, 4.69) is 15.2 Å². The lowest BCUT2D eigenvalue weighted by molar-refractivity contribution is -0.137. The second-order valence-corrected chi connectivity index (χ2v) is 8.56. The van der Waals surface area contributed by atoms with Crippen LogP contribution in [0.3, 0.4) is 0 Å². The van der Waals surface area contributed by atoms with Gasteiger partial charge in [0.15, 0.2) is 0 Å². The Morgan fingerprint density at radius 3 is 2.66 bits per heavy atom. The summed E-state index contributed by atoms with van der Waals surface area (Å²) in [5, 5.41) is 4.98. The van der Waals surface area contributed by atoms with Gasteiger partial charge in [-0.05, 0) is 36.4 Å². The number of nitrogens with one attached hydrogen (secondary N) is 1. The number of pyridine rings is 1. The number of carbonyl (C=O) groups excluding carboxylic acids is 2. The first-order chi connectivity index (χ1) is 14.2. The lowest BCUT2D eigenvalue weighted by Crippen LogP contribution is -2.54. The summed E-state index contributed by atoms with van der Waals surface area (Å²) in [5.74, 6) is 1.05. The lowest BCUT2D eigenvalue weighted by atomic mass is 9.96. The van der Waals surface area contributed by atoms with E-state index in [1.807, 2.05) is 40.6 Å². The molecule has 2 aliphatic heterocycles. The third-order valence-corrected chi connectivity index (χ3v) is 6.49. The van der Waals surface area contributed by atoms with E-state index in [0.29, 0.717) is 32.7 Å². The molecule has 0 aromatic carbocycles. The van der Waals surface area contributed by atoms with Crippen LogP contribution in [0.15, 0.2) is 41.9 Å². The molecule has 29 heavy (non-hydrogen) atoms. The van der Waals surface area contributed by atoms with Crippen molar-refractivity contribution in [3.63, 3.8) is 0 Å². The van der Waals surface area contributed by atoms with Crippen molar-refractivity contribution in [2.24, 2.45) is 5.92 Å². The van der Waals surface area contributed by atoms with E-state index in [1.165, 1.54) is 0 Å². The van der Waals surface area contributed by atoms with E-state index in [1.54, 1.807) is 22.4 Å². The highest BCUT2D eigenvalue weighted by molar-refractivity contribution is 7.09. The van der Waals surface area contributed by atoms with Gasteiger partial charge in [0.25, 0.3) is 0 Å². The third-order valence-electron chi connectivity index (χ3n) is 5.62. The molecule has 1 N–H and O–H groups in total. The summed E-state index contributed by atoms with van der Waals surface area (Å²) < 4.78 is 0. The minimum absolute atomic E-state index is 0.0733. The Balaban J connectivity index is 1.27. The van der Waals surface area contributed by atoms with Crippen molar-refractivity contribution in [3.8, 4) is 0 Å². The van der Waals surface area contributed by atoms with E-state index in [0.717, 1.165) is 36.6 Å². The zero-order valence-electron chi connectivity index (χ0n) is 16.5. The Morgan fingerprint density at radius 1 is 1.07 bits per heavy atom. The maximum absolute atomic E-state index is 13.0. The number of likely N-dealkylation sites (tertiary alicyclic amines) is 1. The Labute approximate surface area is 175 Å². The SMILES string of the molecule is O=C(NCc1cccs1)N1CCCC(C(=O)N2CCN(c3ccccn3)CC2)C1. The molecule has 2 aromatic rings. The molecule has 2 aliphatic rings. The van der Waals surface area contributed by atoms with E-state index in [9.17, 15) is 9.59 Å². The van der Waals surface area contributed by atoms with E-state index in [-0.39, 0.29) is 17.9 Å². The standard InChI is InChI=1S/C21H27N5O2S/c27-20(25-12-10-24(11-13-25)19-7-1-2-8-22-19)17-5-3-9-26(16-17)21(28)23-15-18-6-4-14-29-18/h1-2,4,6-8,14,17H,3,5,9-13,15-16H2,(H,23,28). The van der Waals surface area contributed by atoms with Crippen LogP contribution in [-0.4, -0.2) is 66.0 Å². The van der Waals surface area contributed by atoms with Crippen LogP contribution in [0.5, 0.6) is 0 Å². The molecule has 2 saturated heterocycles. The molecule has 4 heterocycles. The monoisotopic (exact) mass is 413 g/mol. The molecule has 0 bridgehead atoms. The van der Waals surface area contributed by atoms with Crippen LogP contribution in [0.4, 0.5) is 10.6 Å². The molecule has 0 radical (unpaired) electrons. The molecular weight excluding hydrogens is 386 g/mol. The molecular formula is C21H27N5O2S. The van der Waals surface area contributed by atoms with E-state index < -0.39 is 0 Å². The van der Waals surface area contributed by atoms with Gasteiger partial charge in [-0.25, -0.2) is 9.78 Å². The normalized spacial score (nSPS) is 19.9. The van der Waals surface area contributed by atoms with E-state index in [4.69, 9.17) is 0 Å². The number of urea groups is 1. The first-order valence-electron chi connectivity index (χ1n) is 10.2. The molecule has 4 rings (SSSR count). The van der Waals surface area contributed by atoms with Crippen LogP contribution >= 0.6 is 11.3 Å². The van der Waals surface area contributed by atoms with Crippen LogP contribution in [0.2, 0.25) is 0 Å². The average molecular weight is 414 g/mol. The Kier molecular flexibility index (Phi) is 6.29. The fourth-order valence-corrected chi connectivity index (χ4v) is 4.65. The summed E-state index contributed by atoms with van der Waals surface area (Å²) in [4.78, 5) is 37.1. The maximum Gasteiger partial charge on any atom is 0.317 e. The molecule has 0 saturated carbocycles. The van der Waals surface area contributed by atoms with Gasteiger partial charge in [0.1, 0.15) is 5.82 Å². The van der Waals surface area contributed by atoms with Crippen LogP contribution in [0.1, 0.15) is 17.7 Å². The highest BCUT2D eigenvalue weighted by Crippen LogP contribution is 2.21. The van der Waals surface area contributed by atoms with Crippen molar-refractivity contribution in [2.45, 2.75) is 19.4 Å². The van der Waals surface area contributed by atoms with Gasteiger partial charge in [-0.3, -0.25) is 4.79 Å². The van der Waals surface area contributed by atoms with Crippen molar-refractivity contribution in [1.82, 2.24) is 20.1 Å². The van der Waals surface area contributed by atoms with Gasteiger partial charge in [-0.15, -0.1) is 11.3 Å². The summed E-state index contributed by atoms with van der Waals surface area (Å²) in [6, 6.07) is 9.82. The van der Waals surface area contributed by atoms with Crippen molar-refractivity contribution in [1.29, 1.82) is 0 Å². The number of rotatable bonds is 4. The Bertz CT molecular complexity index is 806. The second kappa shape index (κ2) is 9.26. The molecule has 2 aromatic heterocycles. The van der Waals surface area contributed by atoms with Gasteiger partial charge in [-0.2, -0.15) is 0 Å². The summed E-state index contributed by atoms with van der Waals surface area (Å²) >= 11 is 1.63. The average Bonchev–Trinajstić information content (AvgIpc) is 3.31. The van der Waals surface area contributed by atoms with Gasteiger partial charge in [0.2, 0.25) is 5.91 Å². The van der Waals surface area contributed by atoms with Gasteiger partial charge < -0.3 is 20.0 Å². The number of carbonyl (C=O) groups is 2. The van der Waals surface area contributed by atoms with E-state index >= 15 is 0 Å². The van der Waals surface area contributed by atoms with Crippen LogP contribution in [0.25, 0.3) is 0 Å². The highest BCUT2D eigenvalue weighted by atomic mass is 32.1. The zero-order chi connectivity index (χ0) is 20.1. The topological polar surface area (TPSA) is 68.8 Å². The molecule has 1 unspecified atom stereocenters. The molecule has 3 amide bonds. The van der Waals surface area contributed by atoms with Crippen LogP contribution < -0.4 is 10.2 Å². The minimum atomic E-state index is -0.0994. The fourth-order valence-electron chi connectivity index (χ4n) is 4.01. The zero-order valence-corrected chi connectivity index (χ0v) is 17.3. The van der Waals surface area contributed by atoms with Gasteiger partial charge in [0.05, 0.1) is 12.5 Å². The number of piperidine rings is 1. The molecule has 8 heteroatoms. The highest BCUT2D eigenvalue weighted by Gasteiger charge is 2.32. The summed E-state index contributed by atoms with van der Waals surface area (Å²) in [7, 11) is 0. The largest absolute Gasteiger partial charge is 0.353 e. The van der Waals surface area contributed by atoms with Crippen LogP contribution in [0, 0.1) is 5.92 Å². The Morgan fingerprint density at radius 2 is 1.93 bits per heavy atom.